The fraction of sp³-hybridized carbons (Fsp3) is 0.238. The summed E-state index contributed by atoms with van der Waals surface area (Å²) >= 11 is 0. The Morgan fingerprint density at radius 3 is 2.17 bits per heavy atom. The molecule has 0 radical (unpaired) electrons. The molecule has 0 aliphatic heterocycles. The largest absolute Gasteiger partial charge is 0.367 e. The van der Waals surface area contributed by atoms with Crippen LogP contribution in [0.3, 0.4) is 0 Å². The van der Waals surface area contributed by atoms with E-state index in [1.807, 2.05) is 57.2 Å². The summed E-state index contributed by atoms with van der Waals surface area (Å²) in [6, 6.07) is 13.2. The van der Waals surface area contributed by atoms with Crippen molar-refractivity contribution in [3.05, 3.63) is 65.4 Å². The van der Waals surface area contributed by atoms with Gasteiger partial charge in [0.25, 0.3) is 0 Å². The highest BCUT2D eigenvalue weighted by atomic mass is 16.2. The van der Waals surface area contributed by atoms with E-state index in [2.05, 4.69) is 42.5 Å². The summed E-state index contributed by atoms with van der Waals surface area (Å²) in [5.41, 5.74) is 4.09. The molecule has 0 bridgehead atoms. The molecule has 4 N–H and O–H groups in total. The van der Waals surface area contributed by atoms with Crippen LogP contribution in [-0.4, -0.2) is 34.3 Å². The molecule has 3 aromatic rings. The molecule has 0 saturated heterocycles. The standard InChI is InChI=1S/C21H25N7O/c1-14-4-5-18(24-13-14)26-20-7-6-19(27-28-20)22-8-9-23-21(29)25-17-11-15(2)10-16(3)12-17/h4-7,10-13H,8-9H2,1-3H3,(H,22,27)(H2,23,25,29)(H,24,26,28). The zero-order chi connectivity index (χ0) is 20.6. The number of pyridine rings is 1. The van der Waals surface area contributed by atoms with E-state index in [0.717, 1.165) is 22.4 Å². The third-order valence-corrected chi connectivity index (χ3v) is 4.03. The number of rotatable bonds is 7. The van der Waals surface area contributed by atoms with E-state index in [1.165, 1.54) is 0 Å². The van der Waals surface area contributed by atoms with Crippen LogP contribution in [0.2, 0.25) is 0 Å². The van der Waals surface area contributed by atoms with Gasteiger partial charge in [0.05, 0.1) is 0 Å². The number of nitrogens with zero attached hydrogens (tertiary/aromatic N) is 3. The number of hydrogen-bond acceptors (Lipinski definition) is 6. The number of carbonyl (C=O) groups is 1. The molecule has 0 saturated carbocycles. The van der Waals surface area contributed by atoms with Crippen LogP contribution < -0.4 is 21.3 Å². The van der Waals surface area contributed by atoms with E-state index in [0.29, 0.717) is 30.5 Å². The van der Waals surface area contributed by atoms with Gasteiger partial charge in [-0.2, -0.15) is 0 Å². The first-order valence-corrected chi connectivity index (χ1v) is 9.38. The topological polar surface area (TPSA) is 104 Å². The minimum absolute atomic E-state index is 0.243. The summed E-state index contributed by atoms with van der Waals surface area (Å²) in [4.78, 5) is 16.3. The number of hydrogen-bond donors (Lipinski definition) is 4. The lowest BCUT2D eigenvalue weighted by Crippen LogP contribution is -2.32. The Labute approximate surface area is 170 Å². The minimum Gasteiger partial charge on any atom is -0.367 e. The zero-order valence-electron chi connectivity index (χ0n) is 16.8. The molecule has 0 aliphatic rings. The van der Waals surface area contributed by atoms with Crippen LogP contribution in [0, 0.1) is 20.8 Å². The Morgan fingerprint density at radius 2 is 1.52 bits per heavy atom. The molecule has 0 fully saturated rings. The maximum absolute atomic E-state index is 12.0. The van der Waals surface area contributed by atoms with E-state index in [-0.39, 0.29) is 6.03 Å². The molecule has 8 heteroatoms. The Kier molecular flexibility index (Phi) is 6.57. The quantitative estimate of drug-likeness (QED) is 0.457. The molecule has 2 amide bonds. The lowest BCUT2D eigenvalue weighted by atomic mass is 10.1. The molecule has 2 heterocycles. The van der Waals surface area contributed by atoms with Crippen molar-refractivity contribution in [1.29, 1.82) is 0 Å². The van der Waals surface area contributed by atoms with E-state index >= 15 is 0 Å². The molecule has 0 aliphatic carbocycles. The summed E-state index contributed by atoms with van der Waals surface area (Å²) in [7, 11) is 0. The summed E-state index contributed by atoms with van der Waals surface area (Å²) in [5, 5.41) is 20.1. The van der Waals surface area contributed by atoms with E-state index in [1.54, 1.807) is 6.20 Å². The number of amides is 2. The van der Waals surface area contributed by atoms with Gasteiger partial charge in [-0.25, -0.2) is 9.78 Å². The van der Waals surface area contributed by atoms with Gasteiger partial charge < -0.3 is 21.3 Å². The molecule has 0 atom stereocenters. The van der Waals surface area contributed by atoms with Gasteiger partial charge in [-0.05, 0) is 67.8 Å². The highest BCUT2D eigenvalue weighted by Crippen LogP contribution is 2.14. The minimum atomic E-state index is -0.243. The third kappa shape index (κ3) is 6.46. The second-order valence-corrected chi connectivity index (χ2v) is 6.83. The van der Waals surface area contributed by atoms with Crippen LogP contribution >= 0.6 is 0 Å². The Balaban J connectivity index is 1.40. The zero-order valence-corrected chi connectivity index (χ0v) is 16.8. The highest BCUT2D eigenvalue weighted by Gasteiger charge is 2.03. The lowest BCUT2D eigenvalue weighted by molar-refractivity contribution is 0.252. The van der Waals surface area contributed by atoms with Crippen LogP contribution in [0.4, 0.5) is 27.9 Å². The first-order valence-electron chi connectivity index (χ1n) is 9.38. The van der Waals surface area contributed by atoms with E-state index in [4.69, 9.17) is 0 Å². The number of benzene rings is 1. The first kappa shape index (κ1) is 20.1. The molecule has 1 aromatic carbocycles. The smallest absolute Gasteiger partial charge is 0.319 e. The predicted molar refractivity (Wildman–Crippen MR) is 116 cm³/mol. The number of anilines is 4. The van der Waals surface area contributed by atoms with E-state index < -0.39 is 0 Å². The predicted octanol–water partition coefficient (Wildman–Crippen LogP) is 3.77. The van der Waals surface area contributed by atoms with E-state index in [9.17, 15) is 4.79 Å². The first-order chi connectivity index (χ1) is 14.0. The molecular weight excluding hydrogens is 366 g/mol. The van der Waals surface area contributed by atoms with Crippen LogP contribution in [0.5, 0.6) is 0 Å². The number of urea groups is 1. The van der Waals surface area contributed by atoms with Gasteiger partial charge >= 0.3 is 6.03 Å². The number of aryl methyl sites for hydroxylation is 3. The second kappa shape index (κ2) is 9.50. The molecule has 150 valence electrons. The van der Waals surface area contributed by atoms with Gasteiger partial charge in [0.2, 0.25) is 0 Å². The van der Waals surface area contributed by atoms with Crippen LogP contribution in [0.15, 0.2) is 48.7 Å². The number of aromatic nitrogens is 3. The summed E-state index contributed by atoms with van der Waals surface area (Å²) in [6.07, 6.45) is 1.79. The van der Waals surface area contributed by atoms with Crippen molar-refractivity contribution in [3.63, 3.8) is 0 Å². The summed E-state index contributed by atoms with van der Waals surface area (Å²) in [6.45, 7) is 6.96. The lowest BCUT2D eigenvalue weighted by Gasteiger charge is -2.10. The SMILES string of the molecule is Cc1ccc(Nc2ccc(NCCNC(=O)Nc3cc(C)cc(C)c3)nn2)nc1. The second-order valence-electron chi connectivity index (χ2n) is 6.83. The molecule has 8 nitrogen and oxygen atoms in total. The monoisotopic (exact) mass is 391 g/mol. The molecular formula is C21H25N7O. The Morgan fingerprint density at radius 1 is 0.828 bits per heavy atom. The van der Waals surface area contributed by atoms with Crippen molar-refractivity contribution >= 4 is 29.2 Å². The van der Waals surface area contributed by atoms with Crippen molar-refractivity contribution < 1.29 is 4.79 Å². The third-order valence-electron chi connectivity index (χ3n) is 4.03. The van der Waals surface area contributed by atoms with Crippen molar-refractivity contribution in [2.24, 2.45) is 0 Å². The highest BCUT2D eigenvalue weighted by molar-refractivity contribution is 5.89. The number of carbonyl (C=O) groups excluding carboxylic acids is 1. The summed E-state index contributed by atoms with van der Waals surface area (Å²) < 4.78 is 0. The van der Waals surface area contributed by atoms with Crippen molar-refractivity contribution in [2.45, 2.75) is 20.8 Å². The van der Waals surface area contributed by atoms with Gasteiger partial charge in [-0.1, -0.05) is 12.1 Å². The maximum Gasteiger partial charge on any atom is 0.319 e. The van der Waals surface area contributed by atoms with Crippen molar-refractivity contribution in [1.82, 2.24) is 20.5 Å². The molecule has 2 aromatic heterocycles. The Bertz CT molecular complexity index is 936. The molecule has 29 heavy (non-hydrogen) atoms. The van der Waals surface area contributed by atoms with Gasteiger partial charge in [0, 0.05) is 25.0 Å². The Hall–Kier alpha value is -3.68. The summed E-state index contributed by atoms with van der Waals surface area (Å²) in [5.74, 6) is 1.95. The molecule has 0 unspecified atom stereocenters. The van der Waals surface area contributed by atoms with Gasteiger partial charge in [0.15, 0.2) is 5.82 Å². The molecule has 0 spiro atoms. The molecule has 3 rings (SSSR count). The maximum atomic E-state index is 12.0. The fourth-order valence-electron chi connectivity index (χ4n) is 2.75. The fourth-order valence-corrected chi connectivity index (χ4v) is 2.75. The van der Waals surface area contributed by atoms with Gasteiger partial charge in [0.1, 0.15) is 11.6 Å². The average molecular weight is 391 g/mol. The average Bonchev–Trinajstić information content (AvgIpc) is 2.67. The van der Waals surface area contributed by atoms with Crippen LogP contribution in [0.25, 0.3) is 0 Å². The van der Waals surface area contributed by atoms with Crippen LogP contribution in [0.1, 0.15) is 16.7 Å². The number of nitrogens with one attached hydrogen (secondary N) is 4. The van der Waals surface area contributed by atoms with Crippen LogP contribution in [-0.2, 0) is 0 Å². The van der Waals surface area contributed by atoms with Crippen molar-refractivity contribution in [3.8, 4) is 0 Å². The van der Waals surface area contributed by atoms with Crippen molar-refractivity contribution in [2.75, 3.05) is 29.0 Å². The normalized spacial score (nSPS) is 10.3. The van der Waals surface area contributed by atoms with Gasteiger partial charge in [-0.3, -0.25) is 0 Å². The van der Waals surface area contributed by atoms with Gasteiger partial charge in [-0.15, -0.1) is 10.2 Å².